The Bertz CT molecular complexity index is 763. The van der Waals surface area contributed by atoms with Gasteiger partial charge in [0.05, 0.1) is 18.7 Å². The van der Waals surface area contributed by atoms with Crippen LogP contribution in [0.2, 0.25) is 10.0 Å². The summed E-state index contributed by atoms with van der Waals surface area (Å²) in [5.41, 5.74) is 2.83. The third-order valence-electron chi connectivity index (χ3n) is 3.70. The normalized spacial score (nSPS) is 13.5. The molecule has 0 saturated carbocycles. The summed E-state index contributed by atoms with van der Waals surface area (Å²) in [5.74, 6) is 1.61. The highest BCUT2D eigenvalue weighted by Crippen LogP contribution is 2.33. The number of nitrogens with zero attached hydrogens (tertiary/aromatic N) is 1. The average molecular weight is 365 g/mol. The molecule has 0 aliphatic carbocycles. The van der Waals surface area contributed by atoms with Crippen molar-refractivity contribution in [3.8, 4) is 16.9 Å². The van der Waals surface area contributed by atoms with Crippen LogP contribution < -0.4 is 10.1 Å². The molecule has 6 heteroatoms. The molecular weight excluding hydrogens is 347 g/mol. The molecule has 1 aliphatic heterocycles. The molecule has 4 nitrogen and oxygen atoms in total. The van der Waals surface area contributed by atoms with Crippen molar-refractivity contribution >= 4 is 29.0 Å². The first kappa shape index (κ1) is 17.1. The van der Waals surface area contributed by atoms with Crippen LogP contribution in [0.3, 0.4) is 0 Å². The molecule has 126 valence electrons. The number of hydrogen-bond donors (Lipinski definition) is 1. The van der Waals surface area contributed by atoms with Crippen LogP contribution in [0.1, 0.15) is 5.56 Å². The number of amidine groups is 1. The number of nitrogens with one attached hydrogen (secondary N) is 1. The second kappa shape index (κ2) is 7.88. The van der Waals surface area contributed by atoms with Crippen LogP contribution in [-0.4, -0.2) is 39.2 Å². The minimum absolute atomic E-state index is 0.484. The maximum atomic E-state index is 6.34. The standard InChI is InChI=1S/C18H18Cl2N2O2/c1-23-8-9-24-17-5-2-12(10-15(17)18-21-6-7-22-18)14-4-3-13(19)11-16(14)20/h2-5,10-11H,6-9H2,1H3,(H,21,22). The second-order valence-corrected chi connectivity index (χ2v) is 6.18. The molecule has 2 aromatic rings. The fourth-order valence-corrected chi connectivity index (χ4v) is 3.06. The highest BCUT2D eigenvalue weighted by molar-refractivity contribution is 6.36. The number of halogens is 2. The van der Waals surface area contributed by atoms with Gasteiger partial charge in [-0.3, -0.25) is 4.99 Å². The number of ether oxygens (including phenoxy) is 2. The molecule has 1 heterocycles. The summed E-state index contributed by atoms with van der Waals surface area (Å²) >= 11 is 12.3. The van der Waals surface area contributed by atoms with Crippen LogP contribution >= 0.6 is 23.2 Å². The zero-order valence-electron chi connectivity index (χ0n) is 13.3. The van der Waals surface area contributed by atoms with Crippen molar-refractivity contribution in [2.45, 2.75) is 0 Å². The minimum atomic E-state index is 0.484. The van der Waals surface area contributed by atoms with Crippen molar-refractivity contribution < 1.29 is 9.47 Å². The lowest BCUT2D eigenvalue weighted by Gasteiger charge is -2.14. The first-order valence-electron chi connectivity index (χ1n) is 7.69. The molecule has 0 aromatic heterocycles. The number of aliphatic imine (C=N–C) groups is 1. The van der Waals surface area contributed by atoms with E-state index in [4.69, 9.17) is 32.7 Å². The van der Waals surface area contributed by atoms with Crippen LogP contribution in [-0.2, 0) is 4.74 Å². The maximum absolute atomic E-state index is 6.34. The van der Waals surface area contributed by atoms with Crippen LogP contribution in [0.4, 0.5) is 0 Å². The molecule has 24 heavy (non-hydrogen) atoms. The van der Waals surface area contributed by atoms with Crippen LogP contribution in [0, 0.1) is 0 Å². The lowest BCUT2D eigenvalue weighted by atomic mass is 10.0. The number of hydrogen-bond acceptors (Lipinski definition) is 4. The summed E-state index contributed by atoms with van der Waals surface area (Å²) in [4.78, 5) is 4.51. The van der Waals surface area contributed by atoms with Crippen LogP contribution in [0.5, 0.6) is 5.75 Å². The number of methoxy groups -OCH3 is 1. The number of benzene rings is 2. The van der Waals surface area contributed by atoms with Crippen molar-refractivity contribution in [2.75, 3.05) is 33.4 Å². The van der Waals surface area contributed by atoms with E-state index >= 15 is 0 Å². The van der Waals surface area contributed by atoms with Crippen LogP contribution in [0.25, 0.3) is 11.1 Å². The maximum Gasteiger partial charge on any atom is 0.132 e. The fourth-order valence-electron chi connectivity index (χ4n) is 2.55. The Morgan fingerprint density at radius 1 is 1.08 bits per heavy atom. The Kier molecular flexibility index (Phi) is 5.61. The van der Waals surface area contributed by atoms with Gasteiger partial charge in [0.25, 0.3) is 0 Å². The summed E-state index contributed by atoms with van der Waals surface area (Å²) in [6.07, 6.45) is 0. The zero-order valence-corrected chi connectivity index (χ0v) is 14.8. The van der Waals surface area contributed by atoms with E-state index in [2.05, 4.69) is 10.3 Å². The molecule has 0 atom stereocenters. The molecular formula is C18H18Cl2N2O2. The molecule has 3 rings (SSSR count). The predicted octanol–water partition coefficient (Wildman–Crippen LogP) is 4.04. The molecule has 0 radical (unpaired) electrons. The molecule has 0 spiro atoms. The van der Waals surface area contributed by atoms with Crippen molar-refractivity contribution in [1.82, 2.24) is 5.32 Å². The number of rotatable bonds is 6. The van der Waals surface area contributed by atoms with Crippen molar-refractivity contribution in [1.29, 1.82) is 0 Å². The lowest BCUT2D eigenvalue weighted by Crippen LogP contribution is -2.20. The van der Waals surface area contributed by atoms with Crippen molar-refractivity contribution in [2.24, 2.45) is 4.99 Å². The van der Waals surface area contributed by atoms with E-state index in [-0.39, 0.29) is 0 Å². The second-order valence-electron chi connectivity index (χ2n) is 5.33. The van der Waals surface area contributed by atoms with E-state index < -0.39 is 0 Å². The van der Waals surface area contributed by atoms with E-state index in [1.807, 2.05) is 30.3 Å². The molecule has 0 bridgehead atoms. The average Bonchev–Trinajstić information content (AvgIpc) is 3.10. The van der Waals surface area contributed by atoms with Gasteiger partial charge in [-0.25, -0.2) is 0 Å². The SMILES string of the molecule is COCCOc1ccc(-c2ccc(Cl)cc2Cl)cc1C1=NCCN1. The summed E-state index contributed by atoms with van der Waals surface area (Å²) < 4.78 is 10.9. The van der Waals surface area contributed by atoms with Gasteiger partial charge in [-0.05, 0) is 29.8 Å². The fraction of sp³-hybridized carbons (Fsp3) is 0.278. The first-order chi connectivity index (χ1) is 11.7. The van der Waals surface area contributed by atoms with Gasteiger partial charge >= 0.3 is 0 Å². The van der Waals surface area contributed by atoms with Gasteiger partial charge < -0.3 is 14.8 Å². The van der Waals surface area contributed by atoms with Gasteiger partial charge in [0, 0.05) is 29.3 Å². The zero-order chi connectivity index (χ0) is 16.9. The highest BCUT2D eigenvalue weighted by atomic mass is 35.5. The summed E-state index contributed by atoms with van der Waals surface area (Å²) in [7, 11) is 1.65. The van der Waals surface area contributed by atoms with Gasteiger partial charge in [-0.1, -0.05) is 35.3 Å². The van der Waals surface area contributed by atoms with E-state index in [0.29, 0.717) is 23.3 Å². The topological polar surface area (TPSA) is 42.9 Å². The molecule has 0 saturated heterocycles. The van der Waals surface area contributed by atoms with Gasteiger partial charge in [-0.15, -0.1) is 0 Å². The largest absolute Gasteiger partial charge is 0.490 e. The lowest BCUT2D eigenvalue weighted by molar-refractivity contribution is 0.146. The van der Waals surface area contributed by atoms with E-state index in [1.54, 1.807) is 13.2 Å². The molecule has 2 aromatic carbocycles. The smallest absolute Gasteiger partial charge is 0.132 e. The Morgan fingerprint density at radius 2 is 1.96 bits per heavy atom. The van der Waals surface area contributed by atoms with Crippen molar-refractivity contribution in [3.05, 3.63) is 52.0 Å². The highest BCUT2D eigenvalue weighted by Gasteiger charge is 2.16. The van der Waals surface area contributed by atoms with E-state index in [1.165, 1.54) is 0 Å². The van der Waals surface area contributed by atoms with Crippen LogP contribution in [0.15, 0.2) is 41.4 Å². The van der Waals surface area contributed by atoms with E-state index in [0.717, 1.165) is 41.4 Å². The first-order valence-corrected chi connectivity index (χ1v) is 8.44. The summed E-state index contributed by atoms with van der Waals surface area (Å²) in [6, 6.07) is 11.4. The van der Waals surface area contributed by atoms with Crippen molar-refractivity contribution in [3.63, 3.8) is 0 Å². The molecule has 0 unspecified atom stereocenters. The molecule has 1 aliphatic rings. The molecule has 0 fully saturated rings. The summed E-state index contributed by atoms with van der Waals surface area (Å²) in [5, 5.41) is 4.52. The Balaban J connectivity index is 1.98. The molecule has 1 N–H and O–H groups in total. The van der Waals surface area contributed by atoms with Gasteiger partial charge in [-0.2, -0.15) is 0 Å². The quantitative estimate of drug-likeness (QED) is 0.786. The van der Waals surface area contributed by atoms with Gasteiger partial charge in [0.15, 0.2) is 0 Å². The third kappa shape index (κ3) is 3.83. The Morgan fingerprint density at radius 3 is 2.67 bits per heavy atom. The molecule has 0 amide bonds. The summed E-state index contributed by atoms with van der Waals surface area (Å²) in [6.45, 7) is 2.61. The monoisotopic (exact) mass is 364 g/mol. The minimum Gasteiger partial charge on any atom is -0.490 e. The van der Waals surface area contributed by atoms with E-state index in [9.17, 15) is 0 Å². The third-order valence-corrected chi connectivity index (χ3v) is 4.24. The Labute approximate surface area is 151 Å². The van der Waals surface area contributed by atoms with Gasteiger partial charge in [0.2, 0.25) is 0 Å². The van der Waals surface area contributed by atoms with Gasteiger partial charge in [0.1, 0.15) is 18.2 Å². The Hall–Kier alpha value is -1.75. The predicted molar refractivity (Wildman–Crippen MR) is 98.7 cm³/mol.